The van der Waals surface area contributed by atoms with Gasteiger partial charge in [-0.15, -0.1) is 0 Å². The second-order valence-electron chi connectivity index (χ2n) is 6.57. The van der Waals surface area contributed by atoms with Crippen molar-refractivity contribution in [3.05, 3.63) is 52.3 Å². The molecule has 3 rings (SSSR count). The van der Waals surface area contributed by atoms with Gasteiger partial charge in [0.1, 0.15) is 0 Å². The van der Waals surface area contributed by atoms with Crippen molar-refractivity contribution in [3.8, 4) is 0 Å². The van der Waals surface area contributed by atoms with Crippen LogP contribution in [0.25, 0.3) is 0 Å². The standard InChI is InChI=1S/C19H25ClN4O/c1-3-24-14(2)16(12-22-24)11-21-18-10-19(25)23(13-18)8-7-15-5-4-6-17(20)9-15/h4-6,9,12,18,21H,3,7-8,10-11,13H2,1-2H3/t18-/m0/s1. The molecule has 0 bridgehead atoms. The summed E-state index contributed by atoms with van der Waals surface area (Å²) in [5, 5.41) is 8.62. The summed E-state index contributed by atoms with van der Waals surface area (Å²) in [5.41, 5.74) is 3.56. The van der Waals surface area contributed by atoms with E-state index in [1.807, 2.05) is 34.0 Å². The Morgan fingerprint density at radius 3 is 2.96 bits per heavy atom. The van der Waals surface area contributed by atoms with Crippen molar-refractivity contribution in [3.63, 3.8) is 0 Å². The molecule has 0 spiro atoms. The highest BCUT2D eigenvalue weighted by Gasteiger charge is 2.28. The lowest BCUT2D eigenvalue weighted by molar-refractivity contribution is -0.127. The van der Waals surface area contributed by atoms with Crippen molar-refractivity contribution in [2.24, 2.45) is 0 Å². The van der Waals surface area contributed by atoms with Gasteiger partial charge in [-0.2, -0.15) is 5.10 Å². The second-order valence-corrected chi connectivity index (χ2v) is 7.01. The third-order valence-electron chi connectivity index (χ3n) is 4.86. The Balaban J connectivity index is 1.49. The van der Waals surface area contributed by atoms with Crippen molar-refractivity contribution in [2.75, 3.05) is 13.1 Å². The molecular formula is C19H25ClN4O. The van der Waals surface area contributed by atoms with Gasteiger partial charge in [0.15, 0.2) is 0 Å². The SMILES string of the molecule is CCn1ncc(CN[C@H]2CC(=O)N(CCc3cccc(Cl)c3)C2)c1C. The maximum absolute atomic E-state index is 12.2. The third-order valence-corrected chi connectivity index (χ3v) is 5.09. The summed E-state index contributed by atoms with van der Waals surface area (Å²) in [4.78, 5) is 14.2. The molecule has 1 fully saturated rings. The van der Waals surface area contributed by atoms with E-state index < -0.39 is 0 Å². The minimum Gasteiger partial charge on any atom is -0.341 e. The number of amides is 1. The molecule has 1 aliphatic rings. The molecule has 0 aliphatic carbocycles. The highest BCUT2D eigenvalue weighted by Crippen LogP contribution is 2.16. The number of likely N-dealkylation sites (tertiary alicyclic amines) is 1. The molecule has 2 aromatic rings. The van der Waals surface area contributed by atoms with Crippen LogP contribution in [0.15, 0.2) is 30.5 Å². The van der Waals surface area contributed by atoms with Gasteiger partial charge in [0.2, 0.25) is 5.91 Å². The van der Waals surface area contributed by atoms with E-state index in [0.717, 1.165) is 37.6 Å². The van der Waals surface area contributed by atoms with Crippen LogP contribution >= 0.6 is 11.6 Å². The number of aromatic nitrogens is 2. The number of aryl methyl sites for hydroxylation is 1. The van der Waals surface area contributed by atoms with E-state index >= 15 is 0 Å². The van der Waals surface area contributed by atoms with Gasteiger partial charge in [-0.1, -0.05) is 23.7 Å². The Morgan fingerprint density at radius 1 is 1.40 bits per heavy atom. The number of hydrogen-bond acceptors (Lipinski definition) is 3. The lowest BCUT2D eigenvalue weighted by Gasteiger charge is -2.17. The van der Waals surface area contributed by atoms with Crippen LogP contribution < -0.4 is 5.32 Å². The molecular weight excluding hydrogens is 336 g/mol. The van der Waals surface area contributed by atoms with Gasteiger partial charge >= 0.3 is 0 Å². The van der Waals surface area contributed by atoms with Crippen LogP contribution in [-0.2, 0) is 24.3 Å². The van der Waals surface area contributed by atoms with Crippen LogP contribution in [0.1, 0.15) is 30.2 Å². The zero-order valence-electron chi connectivity index (χ0n) is 14.8. The minimum absolute atomic E-state index is 0.205. The van der Waals surface area contributed by atoms with Crippen molar-refractivity contribution in [1.29, 1.82) is 0 Å². The Bertz CT molecular complexity index is 743. The fraction of sp³-hybridized carbons (Fsp3) is 0.474. The van der Waals surface area contributed by atoms with Crippen LogP contribution in [0.3, 0.4) is 0 Å². The van der Waals surface area contributed by atoms with Crippen molar-refractivity contribution >= 4 is 17.5 Å². The minimum atomic E-state index is 0.205. The van der Waals surface area contributed by atoms with E-state index in [-0.39, 0.29) is 11.9 Å². The average Bonchev–Trinajstić information content (AvgIpc) is 3.13. The summed E-state index contributed by atoms with van der Waals surface area (Å²) in [7, 11) is 0. The highest BCUT2D eigenvalue weighted by molar-refractivity contribution is 6.30. The van der Waals surface area contributed by atoms with Gasteiger partial charge in [-0.3, -0.25) is 9.48 Å². The van der Waals surface area contributed by atoms with Gasteiger partial charge in [-0.05, 0) is 38.0 Å². The van der Waals surface area contributed by atoms with E-state index in [2.05, 4.69) is 30.3 Å². The quantitative estimate of drug-likeness (QED) is 0.826. The zero-order valence-corrected chi connectivity index (χ0v) is 15.6. The fourth-order valence-electron chi connectivity index (χ4n) is 3.31. The van der Waals surface area contributed by atoms with E-state index in [1.165, 1.54) is 16.8 Å². The predicted octanol–water partition coefficient (Wildman–Crippen LogP) is 2.80. The lowest BCUT2D eigenvalue weighted by Crippen LogP contribution is -2.33. The lowest BCUT2D eigenvalue weighted by atomic mass is 10.1. The topological polar surface area (TPSA) is 50.2 Å². The number of rotatable bonds is 7. The Morgan fingerprint density at radius 2 is 2.24 bits per heavy atom. The summed E-state index contributed by atoms with van der Waals surface area (Å²) >= 11 is 6.02. The first-order valence-corrected chi connectivity index (χ1v) is 9.21. The Kier molecular flexibility index (Phi) is 5.76. The first kappa shape index (κ1) is 18.0. The number of halogens is 1. The molecule has 1 atom stereocenters. The molecule has 0 saturated carbocycles. The van der Waals surface area contributed by atoms with Crippen molar-refractivity contribution < 1.29 is 4.79 Å². The molecule has 1 aromatic heterocycles. The largest absolute Gasteiger partial charge is 0.341 e. The number of hydrogen-bond donors (Lipinski definition) is 1. The molecule has 1 saturated heterocycles. The summed E-state index contributed by atoms with van der Waals surface area (Å²) in [6.45, 7) is 7.32. The number of carbonyl (C=O) groups is 1. The first-order chi connectivity index (χ1) is 12.1. The Hall–Kier alpha value is -1.85. The molecule has 25 heavy (non-hydrogen) atoms. The second kappa shape index (κ2) is 8.02. The summed E-state index contributed by atoms with van der Waals surface area (Å²) in [5.74, 6) is 0.223. The molecule has 1 N–H and O–H groups in total. The monoisotopic (exact) mass is 360 g/mol. The maximum atomic E-state index is 12.2. The smallest absolute Gasteiger partial charge is 0.224 e. The molecule has 2 heterocycles. The normalized spacial score (nSPS) is 17.5. The van der Waals surface area contributed by atoms with Crippen molar-refractivity contribution in [2.45, 2.75) is 45.8 Å². The molecule has 5 nitrogen and oxygen atoms in total. The Labute approximate surface area is 154 Å². The number of benzene rings is 1. The fourth-order valence-corrected chi connectivity index (χ4v) is 3.53. The first-order valence-electron chi connectivity index (χ1n) is 8.83. The van der Waals surface area contributed by atoms with Gasteiger partial charge in [0, 0.05) is 54.9 Å². The van der Waals surface area contributed by atoms with Gasteiger partial charge in [0.25, 0.3) is 0 Å². The molecule has 0 unspecified atom stereocenters. The zero-order chi connectivity index (χ0) is 17.8. The predicted molar refractivity (Wildman–Crippen MR) is 99.6 cm³/mol. The number of nitrogens with one attached hydrogen (secondary N) is 1. The highest BCUT2D eigenvalue weighted by atomic mass is 35.5. The number of nitrogens with zero attached hydrogens (tertiary/aromatic N) is 3. The van der Waals surface area contributed by atoms with E-state index in [0.29, 0.717) is 6.42 Å². The van der Waals surface area contributed by atoms with E-state index in [9.17, 15) is 4.79 Å². The van der Waals surface area contributed by atoms with Gasteiger partial charge in [0.05, 0.1) is 6.20 Å². The average molecular weight is 361 g/mol. The van der Waals surface area contributed by atoms with Crippen molar-refractivity contribution in [1.82, 2.24) is 20.0 Å². The number of carbonyl (C=O) groups excluding carboxylic acids is 1. The van der Waals surface area contributed by atoms with Crippen LogP contribution in [0.4, 0.5) is 0 Å². The van der Waals surface area contributed by atoms with E-state index in [4.69, 9.17) is 11.6 Å². The van der Waals surface area contributed by atoms with Crippen LogP contribution in [0.5, 0.6) is 0 Å². The molecule has 1 aliphatic heterocycles. The van der Waals surface area contributed by atoms with Gasteiger partial charge < -0.3 is 10.2 Å². The molecule has 1 amide bonds. The third kappa shape index (κ3) is 4.41. The van der Waals surface area contributed by atoms with Gasteiger partial charge in [-0.25, -0.2) is 0 Å². The van der Waals surface area contributed by atoms with Crippen LogP contribution in [-0.4, -0.2) is 39.7 Å². The van der Waals surface area contributed by atoms with Crippen LogP contribution in [0, 0.1) is 6.92 Å². The van der Waals surface area contributed by atoms with Crippen LogP contribution in [0.2, 0.25) is 5.02 Å². The molecule has 134 valence electrons. The molecule has 6 heteroatoms. The molecule has 0 radical (unpaired) electrons. The summed E-state index contributed by atoms with van der Waals surface area (Å²) in [6, 6.07) is 8.04. The maximum Gasteiger partial charge on any atom is 0.224 e. The van der Waals surface area contributed by atoms with E-state index in [1.54, 1.807) is 0 Å². The summed E-state index contributed by atoms with van der Waals surface area (Å²) < 4.78 is 1.99. The molecule has 1 aromatic carbocycles. The summed E-state index contributed by atoms with van der Waals surface area (Å²) in [6.07, 6.45) is 3.32.